The molecule has 106 valence electrons. The lowest BCUT2D eigenvalue weighted by molar-refractivity contribution is 0.101. The molecule has 7 heteroatoms. The Morgan fingerprint density at radius 3 is 2.62 bits per heavy atom. The van der Waals surface area contributed by atoms with Gasteiger partial charge in [0.1, 0.15) is 16.7 Å². The number of nitrogens with zero attached hydrogens (tertiary/aromatic N) is 2. The molecule has 1 aromatic carbocycles. The van der Waals surface area contributed by atoms with Crippen molar-refractivity contribution in [2.45, 2.75) is 11.8 Å². The number of anilines is 1. The van der Waals surface area contributed by atoms with Gasteiger partial charge in [0, 0.05) is 17.4 Å². The molecule has 2 rings (SSSR count). The van der Waals surface area contributed by atoms with E-state index in [0.29, 0.717) is 5.56 Å². The molecule has 1 aromatic heterocycles. The molecule has 0 unspecified atom stereocenters. The van der Waals surface area contributed by atoms with Gasteiger partial charge in [0.2, 0.25) is 0 Å². The van der Waals surface area contributed by atoms with Gasteiger partial charge < -0.3 is 0 Å². The summed E-state index contributed by atoms with van der Waals surface area (Å²) < 4.78 is 26.7. The smallest absolute Gasteiger partial charge is 0.263 e. The van der Waals surface area contributed by atoms with Gasteiger partial charge in [0.25, 0.3) is 10.0 Å². The minimum absolute atomic E-state index is 0.0604. The second kappa shape index (κ2) is 5.73. The van der Waals surface area contributed by atoms with Crippen LogP contribution >= 0.6 is 0 Å². The molecule has 21 heavy (non-hydrogen) atoms. The van der Waals surface area contributed by atoms with E-state index in [1.54, 1.807) is 18.2 Å². The third kappa shape index (κ3) is 3.43. The molecule has 0 saturated carbocycles. The molecule has 0 bridgehead atoms. The number of nitrogens with one attached hydrogen (secondary N) is 1. The summed E-state index contributed by atoms with van der Waals surface area (Å²) in [6, 6.07) is 10.6. The number of ketones is 1. The quantitative estimate of drug-likeness (QED) is 0.870. The second-order valence-electron chi connectivity index (χ2n) is 4.23. The molecule has 0 spiro atoms. The third-order valence-corrected chi connectivity index (χ3v) is 4.05. The molecular weight excluding hydrogens is 290 g/mol. The van der Waals surface area contributed by atoms with Crippen LogP contribution in [-0.2, 0) is 10.0 Å². The number of hydrogen-bond acceptors (Lipinski definition) is 5. The number of sulfonamides is 1. The predicted octanol–water partition coefficient (Wildman–Crippen LogP) is 1.96. The van der Waals surface area contributed by atoms with E-state index in [4.69, 9.17) is 5.26 Å². The molecule has 0 amide bonds. The van der Waals surface area contributed by atoms with Gasteiger partial charge >= 0.3 is 0 Å². The van der Waals surface area contributed by atoms with Crippen molar-refractivity contribution in [2.75, 3.05) is 4.72 Å². The summed E-state index contributed by atoms with van der Waals surface area (Å²) in [5.41, 5.74) is 0.827. The molecule has 0 aliphatic rings. The van der Waals surface area contributed by atoms with E-state index >= 15 is 0 Å². The zero-order valence-corrected chi connectivity index (χ0v) is 11.9. The molecule has 2 aromatic rings. The standard InChI is InChI=1S/C14H11N3O3S/c1-10(18)11-3-2-4-12(7-11)17-21(19,20)14-6-5-13(8-15)16-9-14/h2-7,9,17H,1H3. The number of carbonyl (C=O) groups excluding carboxylic acids is 1. The Morgan fingerprint density at radius 1 is 1.29 bits per heavy atom. The van der Waals surface area contributed by atoms with Crippen LogP contribution in [0.25, 0.3) is 0 Å². The Labute approximate surface area is 122 Å². The van der Waals surface area contributed by atoms with Crippen molar-refractivity contribution in [3.05, 3.63) is 53.9 Å². The van der Waals surface area contributed by atoms with Crippen molar-refractivity contribution in [1.82, 2.24) is 4.98 Å². The van der Waals surface area contributed by atoms with Gasteiger partial charge in [0.15, 0.2) is 5.78 Å². The van der Waals surface area contributed by atoms with Gasteiger partial charge in [-0.2, -0.15) is 5.26 Å². The molecule has 0 aliphatic heterocycles. The van der Waals surface area contributed by atoms with Crippen molar-refractivity contribution < 1.29 is 13.2 Å². The molecule has 0 atom stereocenters. The van der Waals surface area contributed by atoms with Crippen LogP contribution in [0.2, 0.25) is 0 Å². The Kier molecular flexibility index (Phi) is 4.00. The summed E-state index contributed by atoms with van der Waals surface area (Å²) in [4.78, 5) is 14.9. The first-order valence-electron chi connectivity index (χ1n) is 5.92. The highest BCUT2D eigenvalue weighted by molar-refractivity contribution is 7.92. The molecule has 0 aliphatic carbocycles. The van der Waals surface area contributed by atoms with Crippen molar-refractivity contribution >= 4 is 21.5 Å². The van der Waals surface area contributed by atoms with E-state index in [0.717, 1.165) is 6.20 Å². The average Bonchev–Trinajstić information content (AvgIpc) is 2.47. The Hall–Kier alpha value is -2.72. The van der Waals surface area contributed by atoms with Gasteiger partial charge in [-0.3, -0.25) is 9.52 Å². The van der Waals surface area contributed by atoms with E-state index in [9.17, 15) is 13.2 Å². The number of nitriles is 1. The summed E-state index contributed by atoms with van der Waals surface area (Å²) in [6.45, 7) is 1.40. The molecule has 0 fully saturated rings. The fourth-order valence-electron chi connectivity index (χ4n) is 1.62. The summed E-state index contributed by atoms with van der Waals surface area (Å²) in [7, 11) is -3.81. The van der Waals surface area contributed by atoms with Crippen LogP contribution in [0.15, 0.2) is 47.5 Å². The lowest BCUT2D eigenvalue weighted by Gasteiger charge is -2.08. The first-order valence-corrected chi connectivity index (χ1v) is 7.41. The molecule has 0 radical (unpaired) electrons. The van der Waals surface area contributed by atoms with Gasteiger partial charge in [-0.1, -0.05) is 12.1 Å². The van der Waals surface area contributed by atoms with Crippen LogP contribution in [0.5, 0.6) is 0 Å². The molecule has 1 N–H and O–H groups in total. The molecule has 6 nitrogen and oxygen atoms in total. The SMILES string of the molecule is CC(=O)c1cccc(NS(=O)(=O)c2ccc(C#N)nc2)c1. The number of Topliss-reactive ketones (excluding diaryl/α,β-unsaturated/α-hetero) is 1. The maximum absolute atomic E-state index is 12.2. The zero-order chi connectivity index (χ0) is 15.5. The summed E-state index contributed by atoms with van der Waals surface area (Å²) in [6.07, 6.45) is 1.11. The minimum Gasteiger partial charge on any atom is -0.295 e. The number of rotatable bonds is 4. The number of pyridine rings is 1. The summed E-state index contributed by atoms with van der Waals surface area (Å²) in [5.74, 6) is -0.156. The van der Waals surface area contributed by atoms with Gasteiger partial charge in [-0.15, -0.1) is 0 Å². The lowest BCUT2D eigenvalue weighted by atomic mass is 10.1. The first-order chi connectivity index (χ1) is 9.92. The van der Waals surface area contributed by atoms with Crippen molar-refractivity contribution in [1.29, 1.82) is 5.26 Å². The van der Waals surface area contributed by atoms with Crippen LogP contribution < -0.4 is 4.72 Å². The highest BCUT2D eigenvalue weighted by Crippen LogP contribution is 2.17. The first kappa shape index (κ1) is 14.7. The van der Waals surface area contributed by atoms with Gasteiger partial charge in [-0.25, -0.2) is 13.4 Å². The Bertz CT molecular complexity index is 821. The Morgan fingerprint density at radius 2 is 2.05 bits per heavy atom. The van der Waals surface area contributed by atoms with Crippen LogP contribution in [0, 0.1) is 11.3 Å². The normalized spacial score (nSPS) is 10.7. The number of aromatic nitrogens is 1. The summed E-state index contributed by atoms with van der Waals surface area (Å²) >= 11 is 0. The van der Waals surface area contributed by atoms with E-state index in [1.807, 2.05) is 6.07 Å². The third-order valence-electron chi connectivity index (χ3n) is 2.68. The van der Waals surface area contributed by atoms with Crippen molar-refractivity contribution in [3.63, 3.8) is 0 Å². The lowest BCUT2D eigenvalue weighted by Crippen LogP contribution is -2.13. The van der Waals surface area contributed by atoms with E-state index in [1.165, 1.54) is 25.1 Å². The average molecular weight is 301 g/mol. The predicted molar refractivity (Wildman–Crippen MR) is 76.2 cm³/mol. The van der Waals surface area contributed by atoms with E-state index in [2.05, 4.69) is 9.71 Å². The van der Waals surface area contributed by atoms with Crippen LogP contribution in [-0.4, -0.2) is 19.2 Å². The van der Waals surface area contributed by atoms with Crippen molar-refractivity contribution in [2.24, 2.45) is 0 Å². The fourth-order valence-corrected chi connectivity index (χ4v) is 2.61. The Balaban J connectivity index is 2.30. The number of benzene rings is 1. The second-order valence-corrected chi connectivity index (χ2v) is 5.92. The zero-order valence-electron chi connectivity index (χ0n) is 11.1. The van der Waals surface area contributed by atoms with E-state index in [-0.39, 0.29) is 22.1 Å². The molecular formula is C14H11N3O3S. The van der Waals surface area contributed by atoms with Crippen LogP contribution in [0.3, 0.4) is 0 Å². The van der Waals surface area contributed by atoms with Gasteiger partial charge in [-0.05, 0) is 31.2 Å². The van der Waals surface area contributed by atoms with Crippen molar-refractivity contribution in [3.8, 4) is 6.07 Å². The fraction of sp³-hybridized carbons (Fsp3) is 0.0714. The molecule has 1 heterocycles. The van der Waals surface area contributed by atoms with E-state index < -0.39 is 10.0 Å². The highest BCUT2D eigenvalue weighted by Gasteiger charge is 2.15. The maximum Gasteiger partial charge on any atom is 0.263 e. The summed E-state index contributed by atoms with van der Waals surface area (Å²) in [5, 5.41) is 8.64. The van der Waals surface area contributed by atoms with Crippen LogP contribution in [0.4, 0.5) is 5.69 Å². The highest BCUT2D eigenvalue weighted by atomic mass is 32.2. The maximum atomic E-state index is 12.2. The number of hydrogen-bond donors (Lipinski definition) is 1. The van der Waals surface area contributed by atoms with Crippen LogP contribution in [0.1, 0.15) is 23.0 Å². The minimum atomic E-state index is -3.81. The van der Waals surface area contributed by atoms with Gasteiger partial charge in [0.05, 0.1) is 0 Å². The number of carbonyl (C=O) groups is 1. The molecule has 0 saturated heterocycles. The topological polar surface area (TPSA) is 99.9 Å². The monoisotopic (exact) mass is 301 g/mol. The largest absolute Gasteiger partial charge is 0.295 e.